The molecular weight excluding hydrogens is 262 g/mol. The van der Waals surface area contributed by atoms with Crippen LogP contribution < -0.4 is 0 Å². The lowest BCUT2D eigenvalue weighted by Crippen LogP contribution is -2.34. The molecule has 0 saturated heterocycles. The van der Waals surface area contributed by atoms with E-state index in [9.17, 15) is 4.79 Å². The van der Waals surface area contributed by atoms with Gasteiger partial charge < -0.3 is 4.90 Å². The molecule has 1 heterocycles. The molecule has 110 valence electrons. The number of rotatable bonds is 4. The molecular formula is C17H21N3O. The number of hydrogen-bond acceptors (Lipinski definition) is 2. The smallest absolute Gasteiger partial charge is 0.257 e. The molecule has 2 aromatic rings. The van der Waals surface area contributed by atoms with Crippen molar-refractivity contribution in [2.45, 2.75) is 26.2 Å². The van der Waals surface area contributed by atoms with Crippen molar-refractivity contribution >= 4 is 5.91 Å². The third-order valence-corrected chi connectivity index (χ3v) is 4.25. The fourth-order valence-corrected chi connectivity index (χ4v) is 2.73. The molecule has 0 N–H and O–H groups in total. The molecule has 1 amide bonds. The monoisotopic (exact) mass is 283 g/mol. The molecule has 0 aliphatic heterocycles. The van der Waals surface area contributed by atoms with Crippen LogP contribution >= 0.6 is 0 Å². The number of amides is 1. The standard InChI is InChI=1S/C17H21N3O/c1-13-16(17(21)19(2)11-14-7-6-8-14)12-20(18-13)15-9-4-3-5-10-15/h3-5,9-10,12,14H,6-8,11H2,1-2H3. The highest BCUT2D eigenvalue weighted by Crippen LogP contribution is 2.27. The molecule has 1 fully saturated rings. The van der Waals surface area contributed by atoms with Gasteiger partial charge in [-0.3, -0.25) is 4.79 Å². The van der Waals surface area contributed by atoms with Crippen molar-refractivity contribution in [3.63, 3.8) is 0 Å². The predicted octanol–water partition coefficient (Wildman–Crippen LogP) is 3.05. The minimum atomic E-state index is 0.0709. The normalized spacial score (nSPS) is 14.8. The molecule has 1 aliphatic rings. The molecule has 0 spiro atoms. The van der Waals surface area contributed by atoms with E-state index in [1.807, 2.05) is 55.4 Å². The zero-order chi connectivity index (χ0) is 14.8. The van der Waals surface area contributed by atoms with E-state index in [0.29, 0.717) is 11.5 Å². The van der Waals surface area contributed by atoms with Gasteiger partial charge in [0, 0.05) is 19.8 Å². The molecule has 21 heavy (non-hydrogen) atoms. The van der Waals surface area contributed by atoms with E-state index in [0.717, 1.165) is 17.9 Å². The summed E-state index contributed by atoms with van der Waals surface area (Å²) in [5, 5.41) is 4.47. The molecule has 1 aromatic heterocycles. The molecule has 1 aromatic carbocycles. The summed E-state index contributed by atoms with van der Waals surface area (Å²) in [4.78, 5) is 14.4. The van der Waals surface area contributed by atoms with E-state index in [2.05, 4.69) is 5.10 Å². The minimum Gasteiger partial charge on any atom is -0.341 e. The zero-order valence-corrected chi connectivity index (χ0v) is 12.6. The Balaban J connectivity index is 1.78. The molecule has 4 heteroatoms. The van der Waals surface area contributed by atoms with Crippen LogP contribution in [0.5, 0.6) is 0 Å². The van der Waals surface area contributed by atoms with Gasteiger partial charge in [-0.25, -0.2) is 4.68 Å². The lowest BCUT2D eigenvalue weighted by Gasteiger charge is -2.30. The van der Waals surface area contributed by atoms with Crippen molar-refractivity contribution in [2.75, 3.05) is 13.6 Å². The van der Waals surface area contributed by atoms with Crippen LogP contribution in [0.3, 0.4) is 0 Å². The summed E-state index contributed by atoms with van der Waals surface area (Å²) in [5.74, 6) is 0.755. The number of nitrogens with zero attached hydrogens (tertiary/aromatic N) is 3. The maximum atomic E-state index is 12.6. The van der Waals surface area contributed by atoms with Crippen molar-refractivity contribution in [1.29, 1.82) is 0 Å². The van der Waals surface area contributed by atoms with Gasteiger partial charge in [-0.05, 0) is 37.8 Å². The lowest BCUT2D eigenvalue weighted by molar-refractivity contribution is 0.0744. The first-order valence-electron chi connectivity index (χ1n) is 7.52. The average molecular weight is 283 g/mol. The molecule has 1 aliphatic carbocycles. The van der Waals surface area contributed by atoms with Crippen LogP contribution in [0.25, 0.3) is 5.69 Å². The fraction of sp³-hybridized carbons (Fsp3) is 0.412. The Kier molecular flexibility index (Phi) is 3.78. The summed E-state index contributed by atoms with van der Waals surface area (Å²) in [7, 11) is 1.89. The van der Waals surface area contributed by atoms with Crippen molar-refractivity contribution in [1.82, 2.24) is 14.7 Å². The molecule has 0 atom stereocenters. The second-order valence-electron chi connectivity index (χ2n) is 5.89. The SMILES string of the molecule is Cc1nn(-c2ccccc2)cc1C(=O)N(C)CC1CCC1. The van der Waals surface area contributed by atoms with Crippen LogP contribution in [0.2, 0.25) is 0 Å². The highest BCUT2D eigenvalue weighted by Gasteiger charge is 2.24. The Morgan fingerprint density at radius 2 is 2.05 bits per heavy atom. The van der Waals surface area contributed by atoms with Gasteiger partial charge >= 0.3 is 0 Å². The first kappa shape index (κ1) is 13.9. The van der Waals surface area contributed by atoms with Gasteiger partial charge in [-0.1, -0.05) is 24.6 Å². The first-order chi connectivity index (χ1) is 10.1. The summed E-state index contributed by atoms with van der Waals surface area (Å²) in [6.07, 6.45) is 5.64. The topological polar surface area (TPSA) is 38.1 Å². The Labute approximate surface area is 125 Å². The van der Waals surface area contributed by atoms with Gasteiger partial charge in [-0.15, -0.1) is 0 Å². The number of aryl methyl sites for hydroxylation is 1. The number of benzene rings is 1. The number of carbonyl (C=O) groups is 1. The number of hydrogen-bond donors (Lipinski definition) is 0. The first-order valence-corrected chi connectivity index (χ1v) is 7.52. The summed E-state index contributed by atoms with van der Waals surface area (Å²) in [6.45, 7) is 2.75. The minimum absolute atomic E-state index is 0.0709. The molecule has 0 radical (unpaired) electrons. The van der Waals surface area contributed by atoms with Crippen molar-refractivity contribution < 1.29 is 4.79 Å². The van der Waals surface area contributed by atoms with Crippen LogP contribution in [0.15, 0.2) is 36.5 Å². The quantitative estimate of drug-likeness (QED) is 0.865. The third-order valence-electron chi connectivity index (χ3n) is 4.25. The summed E-state index contributed by atoms with van der Waals surface area (Å²) >= 11 is 0. The van der Waals surface area contributed by atoms with Crippen LogP contribution in [-0.4, -0.2) is 34.2 Å². The molecule has 0 unspecified atom stereocenters. The number of carbonyl (C=O) groups excluding carboxylic acids is 1. The van der Waals surface area contributed by atoms with Gasteiger partial charge in [0.25, 0.3) is 5.91 Å². The van der Waals surface area contributed by atoms with Gasteiger partial charge in [-0.2, -0.15) is 5.10 Å². The Morgan fingerprint density at radius 1 is 1.33 bits per heavy atom. The maximum absolute atomic E-state index is 12.6. The fourth-order valence-electron chi connectivity index (χ4n) is 2.73. The van der Waals surface area contributed by atoms with Crippen molar-refractivity contribution in [2.24, 2.45) is 5.92 Å². The van der Waals surface area contributed by atoms with Crippen LogP contribution in [0.4, 0.5) is 0 Å². The van der Waals surface area contributed by atoms with Gasteiger partial charge in [0.15, 0.2) is 0 Å². The molecule has 3 rings (SSSR count). The molecule has 0 bridgehead atoms. The number of aromatic nitrogens is 2. The largest absolute Gasteiger partial charge is 0.341 e. The Hall–Kier alpha value is -2.10. The van der Waals surface area contributed by atoms with E-state index in [1.165, 1.54) is 19.3 Å². The van der Waals surface area contributed by atoms with E-state index < -0.39 is 0 Å². The lowest BCUT2D eigenvalue weighted by atomic mass is 9.85. The van der Waals surface area contributed by atoms with E-state index >= 15 is 0 Å². The molecule has 1 saturated carbocycles. The summed E-state index contributed by atoms with van der Waals surface area (Å²) < 4.78 is 1.78. The second kappa shape index (κ2) is 5.72. The summed E-state index contributed by atoms with van der Waals surface area (Å²) in [6, 6.07) is 9.88. The van der Waals surface area contributed by atoms with Gasteiger partial charge in [0.05, 0.1) is 16.9 Å². The van der Waals surface area contributed by atoms with Crippen molar-refractivity contribution in [3.8, 4) is 5.69 Å². The number of para-hydroxylation sites is 1. The predicted molar refractivity (Wildman–Crippen MR) is 82.6 cm³/mol. The van der Waals surface area contributed by atoms with Gasteiger partial charge in [0.2, 0.25) is 0 Å². The van der Waals surface area contributed by atoms with E-state index in [-0.39, 0.29) is 5.91 Å². The van der Waals surface area contributed by atoms with Crippen molar-refractivity contribution in [3.05, 3.63) is 47.8 Å². The second-order valence-corrected chi connectivity index (χ2v) is 5.89. The maximum Gasteiger partial charge on any atom is 0.257 e. The van der Waals surface area contributed by atoms with Crippen LogP contribution in [0.1, 0.15) is 35.3 Å². The van der Waals surface area contributed by atoms with Gasteiger partial charge in [0.1, 0.15) is 0 Å². The van der Waals surface area contributed by atoms with E-state index in [4.69, 9.17) is 0 Å². The summed E-state index contributed by atoms with van der Waals surface area (Å²) in [5.41, 5.74) is 2.45. The molecule has 4 nitrogen and oxygen atoms in total. The Morgan fingerprint density at radius 3 is 2.67 bits per heavy atom. The van der Waals surface area contributed by atoms with E-state index in [1.54, 1.807) is 4.68 Å². The van der Waals surface area contributed by atoms with Crippen LogP contribution in [-0.2, 0) is 0 Å². The Bertz CT molecular complexity index is 629. The van der Waals surface area contributed by atoms with Crippen LogP contribution in [0, 0.1) is 12.8 Å². The highest BCUT2D eigenvalue weighted by molar-refractivity contribution is 5.95. The average Bonchev–Trinajstić information content (AvgIpc) is 2.85. The third kappa shape index (κ3) is 2.84. The highest BCUT2D eigenvalue weighted by atomic mass is 16.2. The zero-order valence-electron chi connectivity index (χ0n) is 12.6.